The van der Waals surface area contributed by atoms with Crippen LogP contribution in [0, 0.1) is 11.8 Å². The molecule has 1 amide bonds. The van der Waals surface area contributed by atoms with Gasteiger partial charge in [-0.05, 0) is 222 Å². The zero-order valence-corrected chi connectivity index (χ0v) is 81.2. The van der Waals surface area contributed by atoms with Gasteiger partial charge in [0.2, 0.25) is 0 Å². The minimum Gasteiger partial charge on any atom is -0.388 e. The smallest absolute Gasteiger partial charge is 0.350 e. The fraction of sp³-hybridized carbons (Fsp3) is 0.490. The molecule has 19 nitrogen and oxygen atoms in total. The molecule has 5 atom stereocenters. The number of benzene rings is 6. The van der Waals surface area contributed by atoms with Crippen molar-refractivity contribution in [2.45, 2.75) is 297 Å². The molecule has 0 aliphatic carbocycles. The zero-order valence-electron chi connectivity index (χ0n) is 80.4. The summed E-state index contributed by atoms with van der Waals surface area (Å²) in [6, 6.07) is 58.1. The van der Waals surface area contributed by atoms with E-state index in [0.717, 1.165) is 59.8 Å². The molecule has 0 saturated heterocycles. The summed E-state index contributed by atoms with van der Waals surface area (Å²) in [5.74, 6) is 6.34. The topological polar surface area (TPSA) is 209 Å². The number of aliphatic imine (C=N–C) groups is 1. The minimum absolute atomic E-state index is 0.0345. The number of pyridine rings is 1. The number of carbonyl (C=O) groups excluding carboxylic acids is 1. The molecule has 6 aromatic carbocycles. The number of aliphatic hydroxyl groups is 2. The third-order valence-electron chi connectivity index (χ3n) is 22.4. The summed E-state index contributed by atoms with van der Waals surface area (Å²) in [6.45, 7) is 60.3. The number of amides is 1. The second-order valence-electron chi connectivity index (χ2n) is 35.8. The van der Waals surface area contributed by atoms with Gasteiger partial charge in [0.05, 0.1) is 53.9 Å². The summed E-state index contributed by atoms with van der Waals surface area (Å²) in [7, 11) is 3.96. The van der Waals surface area contributed by atoms with Crippen LogP contribution in [0.15, 0.2) is 214 Å². The second kappa shape index (κ2) is 52.1. The second-order valence-corrected chi connectivity index (χ2v) is 36.9. The largest absolute Gasteiger partial charge is 0.388 e. The van der Waals surface area contributed by atoms with Crippen molar-refractivity contribution in [3.05, 3.63) is 292 Å². The molecule has 2 N–H and O–H groups in total. The van der Waals surface area contributed by atoms with Crippen LogP contribution in [0.3, 0.4) is 0 Å². The summed E-state index contributed by atoms with van der Waals surface area (Å²) in [4.78, 5) is 62.7. The Morgan fingerprint density at radius 1 is 0.363 bits per heavy atom. The molecule has 0 saturated carbocycles. The van der Waals surface area contributed by atoms with E-state index in [1.807, 2.05) is 131 Å². The Morgan fingerprint density at radius 3 is 0.984 bits per heavy atom. The summed E-state index contributed by atoms with van der Waals surface area (Å²) in [5.41, 5.74) is 15.5. The van der Waals surface area contributed by atoms with E-state index in [9.17, 15) is 29.4 Å². The van der Waals surface area contributed by atoms with E-state index < -0.39 is 6.10 Å². The van der Waals surface area contributed by atoms with Gasteiger partial charge in [-0.25, -0.2) is 42.1 Å². The molecule has 11 aromatic rings. The highest BCUT2D eigenvalue weighted by atomic mass is 32.1. The van der Waals surface area contributed by atoms with Crippen molar-refractivity contribution in [1.82, 2.24) is 52.9 Å². The lowest BCUT2D eigenvalue weighted by Gasteiger charge is -2.18. The third-order valence-corrected chi connectivity index (χ3v) is 24.1. The van der Waals surface area contributed by atoms with Crippen LogP contribution in [-0.4, -0.2) is 103 Å². The lowest BCUT2D eigenvalue weighted by Crippen LogP contribution is -2.28. The van der Waals surface area contributed by atoms with E-state index in [1.165, 1.54) is 68.3 Å². The molecule has 1 aliphatic heterocycles. The average Bonchev–Trinajstić information content (AvgIpc) is 1.68. The van der Waals surface area contributed by atoms with Crippen molar-refractivity contribution in [2.75, 3.05) is 32.1 Å². The van der Waals surface area contributed by atoms with Crippen LogP contribution >= 0.6 is 11.3 Å². The number of hydrogen-bond donors (Lipinski definition) is 2. The highest BCUT2D eigenvalue weighted by Crippen LogP contribution is 2.31. The van der Waals surface area contributed by atoms with Gasteiger partial charge in [-0.2, -0.15) is 15.3 Å². The first-order chi connectivity index (χ1) is 58.7. The fourth-order valence-electron chi connectivity index (χ4n) is 12.6. The van der Waals surface area contributed by atoms with Crippen LogP contribution in [0.5, 0.6) is 0 Å². The molecular formula is C104H151N13O6S. The number of thiophene rings is 1. The Bertz CT molecular complexity index is 4940. The molecule has 6 heterocycles. The number of aromatic nitrogens is 10. The van der Waals surface area contributed by atoms with Crippen LogP contribution in [0.2, 0.25) is 0 Å². The van der Waals surface area contributed by atoms with E-state index >= 15 is 0 Å². The predicted molar refractivity (Wildman–Crippen MR) is 521 cm³/mol. The maximum atomic E-state index is 12.3. The molecule has 0 bridgehead atoms. The van der Waals surface area contributed by atoms with E-state index in [0.29, 0.717) is 78.2 Å². The van der Waals surface area contributed by atoms with E-state index in [2.05, 4.69) is 288 Å². The Morgan fingerprint density at radius 2 is 0.685 bits per heavy atom. The number of rotatable bonds is 26. The molecule has 674 valence electrons. The van der Waals surface area contributed by atoms with Gasteiger partial charge in [0, 0.05) is 34.7 Å². The summed E-state index contributed by atoms with van der Waals surface area (Å²) >= 11 is 1.95. The SMILES string of the molecule is CC(C)c1ccc(-n2cnn(CCN(C)C)c2=O)cc1.CC(C)c1ccc(C(C)C)cc1.CC(C)c1ccc(C(C)C)s1.CC(C)c1ccc(N2C=NCC2=O)cc1.CCC(C)C(O)c1ccc(C(C)C)cc1.CCC(C)C(O)c1ccc(C(C)C)cn1.CCC(C)n1ncn(-c2ccc(C(C)C)cc2)c1=O.CCn1ncn(-c2ccc(C(C)C)cc2)c1=O. The lowest BCUT2D eigenvalue weighted by atomic mass is 9.93. The van der Waals surface area contributed by atoms with Gasteiger partial charge < -0.3 is 15.1 Å². The van der Waals surface area contributed by atoms with Gasteiger partial charge in [-0.15, -0.1) is 11.3 Å². The Kier molecular flexibility index (Phi) is 43.9. The van der Waals surface area contributed by atoms with Crippen molar-refractivity contribution in [3.63, 3.8) is 0 Å². The molecule has 5 aromatic heterocycles. The van der Waals surface area contributed by atoms with Gasteiger partial charge in [-0.1, -0.05) is 289 Å². The average molecular weight is 1710 g/mol. The van der Waals surface area contributed by atoms with Gasteiger partial charge >= 0.3 is 17.1 Å². The number of aliphatic hydroxyl groups excluding tert-OH is 2. The highest BCUT2D eigenvalue weighted by molar-refractivity contribution is 7.12. The van der Waals surface area contributed by atoms with Gasteiger partial charge in [0.1, 0.15) is 25.5 Å². The summed E-state index contributed by atoms with van der Waals surface area (Å²) in [5, 5.41) is 32.4. The predicted octanol–water partition coefficient (Wildman–Crippen LogP) is 24.3. The number of anilines is 1. The molecule has 124 heavy (non-hydrogen) atoms. The summed E-state index contributed by atoms with van der Waals surface area (Å²) in [6.07, 6.45) is 10.3. The van der Waals surface area contributed by atoms with Crippen molar-refractivity contribution in [3.8, 4) is 17.1 Å². The first kappa shape index (κ1) is 105. The molecule has 20 heteroatoms. The first-order valence-electron chi connectivity index (χ1n) is 45.1. The Balaban J connectivity index is 0.000000253. The minimum atomic E-state index is -0.434. The zero-order chi connectivity index (χ0) is 92.4. The Labute approximate surface area is 747 Å². The van der Waals surface area contributed by atoms with Crippen molar-refractivity contribution < 1.29 is 15.0 Å². The lowest BCUT2D eigenvalue weighted by molar-refractivity contribution is -0.115. The van der Waals surface area contributed by atoms with Crippen LogP contribution < -0.4 is 22.0 Å². The first-order valence-corrected chi connectivity index (χ1v) is 45.9. The van der Waals surface area contributed by atoms with Crippen LogP contribution in [-0.2, 0) is 17.9 Å². The monoisotopic (exact) mass is 1710 g/mol. The number of carbonyl (C=O) groups is 1. The standard InChI is InChI=1S/C15H22N4O.C15H21N3O.C14H22O.C13H17N3O.C13H21NO.C12H14N2O.C12H18.C10H16S/c1-12(2)13-5-7-14(8-6-13)18-11-16-19(15(18)20)10-9-17(3)4;1-5-12(4)18-15(19)17(10-16-18)14-8-6-13(7-9-14)11(2)3;1-5-11(4)14(15)13-8-6-12(7-9-13)10(2)3;1-4-16-13(17)15(9-14-16)12-7-5-11(6-8-12)10(2)3;1-5-10(4)13(15)12-7-6-11(8-14-12)9(2)3;1-9(2)10-3-5-11(6-4-10)14-8-13-7-12(14)15;1-9(2)11-5-7-12(8-6-11)10(3)4;1-7(2)9-5-6-10(11-9)8(3)4/h5-8,11-12H,9-10H2,1-4H3;6-12H,5H2,1-4H3;6-11,14-15H,5H2,1-4H3;5-10H,4H2,1-3H3;6-10,13,15H,5H2,1-4H3;3-6,8-9H,7H2,1-2H3;5-10H,1-4H3;5-8H,1-4H3. The van der Waals surface area contributed by atoms with E-state index in [-0.39, 0.29) is 47.6 Å². The molecule has 0 spiro atoms. The molecule has 0 radical (unpaired) electrons. The molecule has 12 rings (SSSR count). The van der Waals surface area contributed by atoms with Crippen molar-refractivity contribution in [1.29, 1.82) is 0 Å². The van der Waals surface area contributed by atoms with Crippen LogP contribution in [0.4, 0.5) is 5.69 Å². The molecule has 0 fully saturated rings. The number of nitrogens with zero attached hydrogens (tertiary/aromatic N) is 13. The maximum absolute atomic E-state index is 12.3. The normalized spacial score (nSPS) is 13.0. The third kappa shape index (κ3) is 32.2. The van der Waals surface area contributed by atoms with Crippen molar-refractivity contribution in [2.24, 2.45) is 16.8 Å². The quantitative estimate of drug-likeness (QED) is 0.0521. The Hall–Kier alpha value is -9.99. The molecule has 1 aliphatic rings. The fourth-order valence-corrected chi connectivity index (χ4v) is 13.6. The number of hydrogen-bond acceptors (Lipinski definition) is 13. The van der Waals surface area contributed by atoms with Gasteiger partial charge in [0.25, 0.3) is 5.91 Å². The number of likely N-dealkylation sites (N-methyl/N-ethyl adjacent to an activating group) is 1. The highest BCUT2D eigenvalue weighted by Gasteiger charge is 2.21. The van der Waals surface area contributed by atoms with Gasteiger partial charge in [0.15, 0.2) is 0 Å². The molecular weight excluding hydrogens is 1560 g/mol. The van der Waals surface area contributed by atoms with Crippen molar-refractivity contribution >= 4 is 29.3 Å². The van der Waals surface area contributed by atoms with E-state index in [1.54, 1.807) is 43.9 Å². The van der Waals surface area contributed by atoms with Crippen LogP contribution in [0.1, 0.15) is 349 Å². The number of aryl methyl sites for hydroxylation is 1. The van der Waals surface area contributed by atoms with Crippen LogP contribution in [0.25, 0.3) is 17.1 Å². The molecule has 5 unspecified atom stereocenters. The maximum Gasteiger partial charge on any atom is 0.350 e. The van der Waals surface area contributed by atoms with E-state index in [4.69, 9.17) is 0 Å². The van der Waals surface area contributed by atoms with Gasteiger partial charge in [-0.3, -0.25) is 19.7 Å². The summed E-state index contributed by atoms with van der Waals surface area (Å²) < 4.78 is 9.21.